The molecule has 0 bridgehead atoms. The maximum atomic E-state index is 11.9. The van der Waals surface area contributed by atoms with E-state index in [1.165, 1.54) is 0 Å². The van der Waals surface area contributed by atoms with Crippen molar-refractivity contribution in [1.82, 2.24) is 15.5 Å². The highest BCUT2D eigenvalue weighted by atomic mass is 16.1. The van der Waals surface area contributed by atoms with Crippen LogP contribution >= 0.6 is 0 Å². The predicted molar refractivity (Wildman–Crippen MR) is 75.0 cm³/mol. The number of hydrogen-bond donors (Lipinski definition) is 3. The van der Waals surface area contributed by atoms with Gasteiger partial charge in [-0.05, 0) is 30.7 Å². The second-order valence-corrected chi connectivity index (χ2v) is 4.29. The van der Waals surface area contributed by atoms with Gasteiger partial charge < -0.3 is 10.6 Å². The van der Waals surface area contributed by atoms with E-state index in [0.717, 1.165) is 24.2 Å². The number of nitrogens with zero attached hydrogens (tertiary/aromatic N) is 1. The monoisotopic (exact) mass is 258 g/mol. The molecule has 2 aromatic rings. The van der Waals surface area contributed by atoms with Gasteiger partial charge in [-0.1, -0.05) is 6.92 Å². The third kappa shape index (κ3) is 3.84. The summed E-state index contributed by atoms with van der Waals surface area (Å²) in [5, 5.41) is 12.7. The smallest absolute Gasteiger partial charge is 0.251 e. The van der Waals surface area contributed by atoms with Gasteiger partial charge in [-0.2, -0.15) is 5.10 Å². The van der Waals surface area contributed by atoms with Crippen molar-refractivity contribution >= 4 is 11.6 Å². The maximum Gasteiger partial charge on any atom is 0.251 e. The summed E-state index contributed by atoms with van der Waals surface area (Å²) in [5.41, 5.74) is 2.65. The van der Waals surface area contributed by atoms with E-state index in [0.29, 0.717) is 12.1 Å². The summed E-state index contributed by atoms with van der Waals surface area (Å²) >= 11 is 0. The molecule has 1 heterocycles. The molecule has 0 saturated carbocycles. The summed E-state index contributed by atoms with van der Waals surface area (Å²) in [7, 11) is 0. The van der Waals surface area contributed by atoms with Crippen molar-refractivity contribution in [2.45, 2.75) is 19.9 Å². The first kappa shape index (κ1) is 13.1. The predicted octanol–water partition coefficient (Wildman–Crippen LogP) is 2.16. The molecule has 0 aliphatic rings. The van der Waals surface area contributed by atoms with Crippen LogP contribution in [0.1, 0.15) is 29.3 Å². The van der Waals surface area contributed by atoms with Crippen LogP contribution in [-0.4, -0.2) is 22.6 Å². The van der Waals surface area contributed by atoms with Crippen molar-refractivity contribution in [2.24, 2.45) is 0 Å². The Kier molecular flexibility index (Phi) is 4.55. The highest BCUT2D eigenvalue weighted by molar-refractivity contribution is 5.94. The molecule has 100 valence electrons. The van der Waals surface area contributed by atoms with Crippen molar-refractivity contribution in [3.05, 3.63) is 47.8 Å². The maximum absolute atomic E-state index is 11.9. The summed E-state index contributed by atoms with van der Waals surface area (Å²) in [5.74, 6) is -0.0803. The SMILES string of the molecule is CCCNc1ccc(C(=O)NCc2cn[nH]c2)cc1. The minimum absolute atomic E-state index is 0.0803. The number of hydrogen-bond acceptors (Lipinski definition) is 3. The molecule has 5 nitrogen and oxygen atoms in total. The lowest BCUT2D eigenvalue weighted by Gasteiger charge is -2.06. The number of nitrogens with one attached hydrogen (secondary N) is 3. The second kappa shape index (κ2) is 6.58. The zero-order valence-corrected chi connectivity index (χ0v) is 10.9. The van der Waals surface area contributed by atoms with Crippen molar-refractivity contribution in [3.8, 4) is 0 Å². The van der Waals surface area contributed by atoms with E-state index in [-0.39, 0.29) is 5.91 Å². The van der Waals surface area contributed by atoms with Crippen LogP contribution in [0.4, 0.5) is 5.69 Å². The summed E-state index contributed by atoms with van der Waals surface area (Å²) in [6.45, 7) is 3.53. The van der Waals surface area contributed by atoms with Crippen LogP contribution in [0.25, 0.3) is 0 Å². The van der Waals surface area contributed by atoms with Crippen LogP contribution in [0, 0.1) is 0 Å². The fourth-order valence-corrected chi connectivity index (χ4v) is 1.67. The molecule has 0 atom stereocenters. The Morgan fingerprint density at radius 2 is 2.11 bits per heavy atom. The minimum Gasteiger partial charge on any atom is -0.385 e. The van der Waals surface area contributed by atoms with Crippen molar-refractivity contribution in [1.29, 1.82) is 0 Å². The lowest BCUT2D eigenvalue weighted by molar-refractivity contribution is 0.0951. The molecule has 0 unspecified atom stereocenters. The minimum atomic E-state index is -0.0803. The quantitative estimate of drug-likeness (QED) is 0.743. The number of rotatable bonds is 6. The number of aromatic nitrogens is 2. The lowest BCUT2D eigenvalue weighted by atomic mass is 10.2. The Morgan fingerprint density at radius 1 is 1.32 bits per heavy atom. The summed E-state index contributed by atoms with van der Waals surface area (Å²) in [4.78, 5) is 11.9. The fraction of sp³-hybridized carbons (Fsp3) is 0.286. The largest absolute Gasteiger partial charge is 0.385 e. The normalized spacial score (nSPS) is 10.2. The fourth-order valence-electron chi connectivity index (χ4n) is 1.67. The molecule has 3 N–H and O–H groups in total. The van der Waals surface area contributed by atoms with Crippen LogP contribution in [0.15, 0.2) is 36.7 Å². The van der Waals surface area contributed by atoms with Gasteiger partial charge in [-0.3, -0.25) is 9.89 Å². The zero-order valence-electron chi connectivity index (χ0n) is 10.9. The van der Waals surface area contributed by atoms with Crippen molar-refractivity contribution in [2.75, 3.05) is 11.9 Å². The number of aromatic amines is 1. The van der Waals surface area contributed by atoms with Gasteiger partial charge in [0.1, 0.15) is 0 Å². The van der Waals surface area contributed by atoms with Gasteiger partial charge in [0.25, 0.3) is 5.91 Å². The van der Waals surface area contributed by atoms with Gasteiger partial charge in [-0.25, -0.2) is 0 Å². The standard InChI is InChI=1S/C14H18N4O/c1-2-7-15-13-5-3-12(4-6-13)14(19)16-8-11-9-17-18-10-11/h3-6,9-10,15H,2,7-8H2,1H3,(H,16,19)(H,17,18). The Balaban J connectivity index is 1.88. The van der Waals surface area contributed by atoms with Gasteiger partial charge in [-0.15, -0.1) is 0 Å². The Labute approximate surface area is 112 Å². The molecule has 1 aromatic carbocycles. The molecule has 19 heavy (non-hydrogen) atoms. The van der Waals surface area contributed by atoms with E-state index in [4.69, 9.17) is 0 Å². The van der Waals surface area contributed by atoms with E-state index >= 15 is 0 Å². The number of benzene rings is 1. The van der Waals surface area contributed by atoms with Crippen LogP contribution in [0.2, 0.25) is 0 Å². The molecule has 0 saturated heterocycles. The van der Waals surface area contributed by atoms with Gasteiger partial charge in [0.05, 0.1) is 6.20 Å². The topological polar surface area (TPSA) is 69.8 Å². The average molecular weight is 258 g/mol. The molecule has 0 fully saturated rings. The van der Waals surface area contributed by atoms with Gasteiger partial charge in [0.2, 0.25) is 0 Å². The first-order valence-electron chi connectivity index (χ1n) is 6.39. The van der Waals surface area contributed by atoms with E-state index in [1.807, 2.05) is 24.3 Å². The third-order valence-corrected chi connectivity index (χ3v) is 2.73. The third-order valence-electron chi connectivity index (χ3n) is 2.73. The van der Waals surface area contributed by atoms with Crippen molar-refractivity contribution < 1.29 is 4.79 Å². The molecule has 0 spiro atoms. The van der Waals surface area contributed by atoms with E-state index in [9.17, 15) is 4.79 Å². The molecule has 1 amide bonds. The van der Waals surface area contributed by atoms with Gasteiger partial charge >= 0.3 is 0 Å². The highest BCUT2D eigenvalue weighted by Crippen LogP contribution is 2.09. The molecule has 5 heteroatoms. The zero-order chi connectivity index (χ0) is 13.5. The molecule has 0 radical (unpaired) electrons. The number of carbonyl (C=O) groups excluding carboxylic acids is 1. The number of H-pyrrole nitrogens is 1. The molecule has 0 aliphatic heterocycles. The summed E-state index contributed by atoms with van der Waals surface area (Å²) < 4.78 is 0. The van der Waals surface area contributed by atoms with E-state index in [1.54, 1.807) is 12.4 Å². The molecular formula is C14H18N4O. The summed E-state index contributed by atoms with van der Waals surface area (Å²) in [6, 6.07) is 7.48. The van der Waals surface area contributed by atoms with Crippen LogP contribution < -0.4 is 10.6 Å². The molecule has 0 aliphatic carbocycles. The van der Waals surface area contributed by atoms with Crippen molar-refractivity contribution in [3.63, 3.8) is 0 Å². The Hall–Kier alpha value is -2.30. The van der Waals surface area contributed by atoms with E-state index < -0.39 is 0 Å². The van der Waals surface area contributed by atoms with Crippen LogP contribution in [-0.2, 0) is 6.54 Å². The second-order valence-electron chi connectivity index (χ2n) is 4.29. The average Bonchev–Trinajstić information content (AvgIpc) is 2.96. The van der Waals surface area contributed by atoms with Crippen LogP contribution in [0.5, 0.6) is 0 Å². The first-order chi connectivity index (χ1) is 9.29. The van der Waals surface area contributed by atoms with Gasteiger partial charge in [0, 0.05) is 36.1 Å². The first-order valence-corrected chi connectivity index (χ1v) is 6.39. The number of anilines is 1. The van der Waals surface area contributed by atoms with Gasteiger partial charge in [0.15, 0.2) is 0 Å². The van der Waals surface area contributed by atoms with E-state index in [2.05, 4.69) is 27.8 Å². The summed E-state index contributed by atoms with van der Waals surface area (Å²) in [6.07, 6.45) is 4.53. The molecule has 2 rings (SSSR count). The molecule has 1 aromatic heterocycles. The Morgan fingerprint density at radius 3 is 2.74 bits per heavy atom. The molecular weight excluding hydrogens is 240 g/mol. The highest BCUT2D eigenvalue weighted by Gasteiger charge is 2.05. The number of carbonyl (C=O) groups is 1. The number of amides is 1. The van der Waals surface area contributed by atoms with Crippen LogP contribution in [0.3, 0.4) is 0 Å². The Bertz CT molecular complexity index is 505. The lowest BCUT2D eigenvalue weighted by Crippen LogP contribution is -2.22.